The van der Waals surface area contributed by atoms with Gasteiger partial charge in [-0.25, -0.2) is 0 Å². The van der Waals surface area contributed by atoms with Gasteiger partial charge in [0.05, 0.1) is 0 Å². The fraction of sp³-hybridized carbons (Fsp3) is 0.944. The smallest absolute Gasteiger partial charge is 0.306 e. The van der Waals surface area contributed by atoms with Crippen molar-refractivity contribution >= 4 is 17.9 Å². The zero-order chi connectivity index (χ0) is 44.0. The highest BCUT2D eigenvalue weighted by Crippen LogP contribution is 2.18. The van der Waals surface area contributed by atoms with Gasteiger partial charge in [-0.05, 0) is 31.1 Å². The summed E-state index contributed by atoms with van der Waals surface area (Å²) < 4.78 is 16.8. The number of esters is 3. The Morgan fingerprint density at radius 1 is 0.317 bits per heavy atom. The second-order valence-electron chi connectivity index (χ2n) is 19.5. The van der Waals surface area contributed by atoms with Gasteiger partial charge in [0.15, 0.2) is 6.10 Å². The van der Waals surface area contributed by atoms with E-state index in [2.05, 4.69) is 34.6 Å². The maximum absolute atomic E-state index is 12.8. The first kappa shape index (κ1) is 58.4. The summed E-state index contributed by atoms with van der Waals surface area (Å²) in [5.74, 6) is 0.831. The van der Waals surface area contributed by atoms with E-state index in [-0.39, 0.29) is 31.1 Å². The Labute approximate surface area is 374 Å². The maximum atomic E-state index is 12.8. The molecule has 0 radical (unpaired) electrons. The highest BCUT2D eigenvalue weighted by Gasteiger charge is 2.19. The monoisotopic (exact) mass is 849 g/mol. The van der Waals surface area contributed by atoms with Crippen LogP contribution in [0.5, 0.6) is 0 Å². The van der Waals surface area contributed by atoms with Crippen LogP contribution in [0.3, 0.4) is 0 Å². The lowest BCUT2D eigenvalue weighted by atomic mass is 10.0. The fourth-order valence-corrected chi connectivity index (χ4v) is 8.17. The molecule has 0 N–H and O–H groups in total. The first-order chi connectivity index (χ1) is 29.2. The lowest BCUT2D eigenvalue weighted by Gasteiger charge is -2.18. The molecule has 0 saturated heterocycles. The molecule has 6 nitrogen and oxygen atoms in total. The van der Waals surface area contributed by atoms with Crippen molar-refractivity contribution in [3.63, 3.8) is 0 Å². The van der Waals surface area contributed by atoms with Crippen LogP contribution in [0.15, 0.2) is 0 Å². The molecule has 0 spiro atoms. The zero-order valence-electron chi connectivity index (χ0n) is 41.1. The van der Waals surface area contributed by atoms with Gasteiger partial charge in [0, 0.05) is 19.3 Å². The SMILES string of the molecule is CCCCCCCCCCCCC(=O)OC[C@@H](COC(=O)CCCCCCCCCCCCCCC(C)C)OC(=O)CCCCCCCCCCCCCCCCC(C)C. The van der Waals surface area contributed by atoms with Crippen molar-refractivity contribution in [2.75, 3.05) is 13.2 Å². The second-order valence-corrected chi connectivity index (χ2v) is 19.5. The average molecular weight is 849 g/mol. The standard InChI is InChI=1S/C54H104O6/c1-6-7-8-9-10-11-24-29-34-39-44-52(55)58-47-51(48-59-53(56)45-40-35-30-25-20-17-16-19-23-28-33-38-43-50(4)5)60-54(57)46-41-36-31-26-21-15-13-12-14-18-22-27-32-37-42-49(2)3/h49-51H,6-48H2,1-5H3/t51-/m0/s1. The quantitative estimate of drug-likeness (QED) is 0.0345. The second kappa shape index (κ2) is 46.9. The van der Waals surface area contributed by atoms with Crippen LogP contribution in [0.4, 0.5) is 0 Å². The van der Waals surface area contributed by atoms with E-state index in [1.807, 2.05) is 0 Å². The van der Waals surface area contributed by atoms with E-state index in [1.165, 1.54) is 186 Å². The van der Waals surface area contributed by atoms with E-state index in [1.54, 1.807) is 0 Å². The van der Waals surface area contributed by atoms with Crippen LogP contribution in [0, 0.1) is 11.8 Å². The number of rotatable bonds is 48. The molecule has 0 aromatic carbocycles. The largest absolute Gasteiger partial charge is 0.462 e. The Balaban J connectivity index is 4.28. The summed E-state index contributed by atoms with van der Waals surface area (Å²) in [5.41, 5.74) is 0. The Morgan fingerprint density at radius 2 is 0.550 bits per heavy atom. The number of unbranched alkanes of at least 4 members (excludes halogenated alkanes) is 33. The van der Waals surface area contributed by atoms with Crippen LogP contribution in [-0.4, -0.2) is 37.2 Å². The van der Waals surface area contributed by atoms with Crippen molar-refractivity contribution in [3.8, 4) is 0 Å². The predicted octanol–water partition coefficient (Wildman–Crippen LogP) is 17.3. The number of ether oxygens (including phenoxy) is 3. The van der Waals surface area contributed by atoms with Gasteiger partial charge in [-0.2, -0.15) is 0 Å². The molecule has 0 bridgehead atoms. The minimum atomic E-state index is -0.761. The van der Waals surface area contributed by atoms with Gasteiger partial charge in [0.1, 0.15) is 13.2 Å². The van der Waals surface area contributed by atoms with Gasteiger partial charge in [0.25, 0.3) is 0 Å². The Bertz CT molecular complexity index is 916. The molecule has 0 amide bonds. The third-order valence-corrected chi connectivity index (χ3v) is 12.2. The van der Waals surface area contributed by atoms with Crippen LogP contribution < -0.4 is 0 Å². The van der Waals surface area contributed by atoms with Crippen molar-refractivity contribution in [3.05, 3.63) is 0 Å². The highest BCUT2D eigenvalue weighted by atomic mass is 16.6. The number of carbonyl (C=O) groups is 3. The van der Waals surface area contributed by atoms with Gasteiger partial charge in [-0.1, -0.05) is 259 Å². The summed E-state index contributed by atoms with van der Waals surface area (Å²) >= 11 is 0. The minimum absolute atomic E-state index is 0.0634. The summed E-state index contributed by atoms with van der Waals surface area (Å²) in [5, 5.41) is 0. The molecule has 0 aliphatic carbocycles. The molecule has 0 fully saturated rings. The molecule has 0 heterocycles. The molecule has 0 aromatic heterocycles. The first-order valence-electron chi connectivity index (χ1n) is 26.7. The van der Waals surface area contributed by atoms with Crippen LogP contribution in [0.1, 0.15) is 298 Å². The summed E-state index contributed by atoms with van der Waals surface area (Å²) in [6.45, 7) is 11.4. The summed E-state index contributed by atoms with van der Waals surface area (Å²) in [6, 6.07) is 0. The molecule has 6 heteroatoms. The van der Waals surface area contributed by atoms with Crippen LogP contribution in [-0.2, 0) is 28.6 Å². The zero-order valence-corrected chi connectivity index (χ0v) is 41.1. The molecule has 0 rings (SSSR count). The van der Waals surface area contributed by atoms with Gasteiger partial charge >= 0.3 is 17.9 Å². The topological polar surface area (TPSA) is 78.9 Å². The summed E-state index contributed by atoms with van der Waals surface area (Å²) in [4.78, 5) is 37.9. The van der Waals surface area contributed by atoms with E-state index in [9.17, 15) is 14.4 Å². The van der Waals surface area contributed by atoms with Crippen molar-refractivity contribution < 1.29 is 28.6 Å². The van der Waals surface area contributed by atoms with Gasteiger partial charge < -0.3 is 14.2 Å². The highest BCUT2D eigenvalue weighted by molar-refractivity contribution is 5.71. The van der Waals surface area contributed by atoms with E-state index in [4.69, 9.17) is 14.2 Å². The molecule has 0 saturated carbocycles. The first-order valence-corrected chi connectivity index (χ1v) is 26.7. The molecule has 0 aliphatic heterocycles. The summed E-state index contributed by atoms with van der Waals surface area (Å²) in [6.07, 6.45) is 48.0. The molecule has 60 heavy (non-hydrogen) atoms. The number of carbonyl (C=O) groups excluding carboxylic acids is 3. The fourth-order valence-electron chi connectivity index (χ4n) is 8.17. The van der Waals surface area contributed by atoms with E-state index in [0.29, 0.717) is 19.3 Å². The molecular weight excluding hydrogens is 745 g/mol. The minimum Gasteiger partial charge on any atom is -0.462 e. The average Bonchev–Trinajstić information content (AvgIpc) is 3.22. The number of hydrogen-bond donors (Lipinski definition) is 0. The summed E-state index contributed by atoms with van der Waals surface area (Å²) in [7, 11) is 0. The van der Waals surface area contributed by atoms with Crippen molar-refractivity contribution in [1.29, 1.82) is 0 Å². The van der Waals surface area contributed by atoms with Crippen LogP contribution in [0.25, 0.3) is 0 Å². The third kappa shape index (κ3) is 47.5. The van der Waals surface area contributed by atoms with E-state index in [0.717, 1.165) is 69.6 Å². The van der Waals surface area contributed by atoms with Crippen LogP contribution in [0.2, 0.25) is 0 Å². The Morgan fingerprint density at radius 3 is 0.817 bits per heavy atom. The lowest BCUT2D eigenvalue weighted by molar-refractivity contribution is -0.167. The van der Waals surface area contributed by atoms with Crippen molar-refractivity contribution in [1.82, 2.24) is 0 Å². The van der Waals surface area contributed by atoms with Gasteiger partial charge in [0.2, 0.25) is 0 Å². The van der Waals surface area contributed by atoms with E-state index < -0.39 is 6.10 Å². The molecule has 356 valence electrons. The molecule has 0 aromatic rings. The van der Waals surface area contributed by atoms with Crippen molar-refractivity contribution in [2.24, 2.45) is 11.8 Å². The Kier molecular flexibility index (Phi) is 45.7. The Hall–Kier alpha value is -1.59. The van der Waals surface area contributed by atoms with Crippen LogP contribution >= 0.6 is 0 Å². The van der Waals surface area contributed by atoms with Gasteiger partial charge in [-0.15, -0.1) is 0 Å². The maximum Gasteiger partial charge on any atom is 0.306 e. The lowest BCUT2D eigenvalue weighted by Crippen LogP contribution is -2.30. The molecule has 1 atom stereocenters. The predicted molar refractivity (Wildman–Crippen MR) is 256 cm³/mol. The van der Waals surface area contributed by atoms with E-state index >= 15 is 0 Å². The normalized spacial score (nSPS) is 12.1. The molecular formula is C54H104O6. The molecule has 0 unspecified atom stereocenters. The third-order valence-electron chi connectivity index (χ3n) is 12.2. The molecule has 0 aliphatic rings. The van der Waals surface area contributed by atoms with Crippen molar-refractivity contribution in [2.45, 2.75) is 304 Å². The van der Waals surface area contributed by atoms with Gasteiger partial charge in [-0.3, -0.25) is 14.4 Å². The number of hydrogen-bond acceptors (Lipinski definition) is 6.